The third kappa shape index (κ3) is 1.53. The van der Waals surface area contributed by atoms with Crippen molar-refractivity contribution in [2.24, 2.45) is 0 Å². The number of hydrogen-bond acceptors (Lipinski definition) is 3. The lowest BCUT2D eigenvalue weighted by atomic mass is 10.2. The Hall–Kier alpha value is -1.66. The minimum atomic E-state index is -0.341. The summed E-state index contributed by atoms with van der Waals surface area (Å²) in [6, 6.07) is 4.27. The molecule has 0 radical (unpaired) electrons. The molecule has 0 bridgehead atoms. The molecule has 6 heteroatoms. The molecule has 5 nitrogen and oxygen atoms in total. The zero-order chi connectivity index (χ0) is 11.0. The molecule has 1 aromatic rings. The van der Waals surface area contributed by atoms with Gasteiger partial charge in [0, 0.05) is 12.6 Å². The summed E-state index contributed by atoms with van der Waals surface area (Å²) in [5.74, 6) is -0.333. The van der Waals surface area contributed by atoms with Crippen molar-refractivity contribution in [3.05, 3.63) is 29.6 Å². The fourth-order valence-electron chi connectivity index (χ4n) is 1.46. The van der Waals surface area contributed by atoms with Gasteiger partial charge in [-0.3, -0.25) is 5.43 Å². The number of halogens is 1. The Kier molecular flexibility index (Phi) is 2.29. The maximum absolute atomic E-state index is 13.3. The van der Waals surface area contributed by atoms with Crippen LogP contribution in [0.4, 0.5) is 14.9 Å². The second-order valence-electron chi connectivity index (χ2n) is 3.26. The lowest BCUT2D eigenvalue weighted by Crippen LogP contribution is -2.40. The van der Waals surface area contributed by atoms with Crippen molar-refractivity contribution >= 4 is 11.7 Å². The van der Waals surface area contributed by atoms with Crippen molar-refractivity contribution in [2.75, 3.05) is 12.1 Å². The second-order valence-corrected chi connectivity index (χ2v) is 3.26. The zero-order valence-corrected chi connectivity index (χ0v) is 8.41. The van der Waals surface area contributed by atoms with E-state index in [1.165, 1.54) is 16.2 Å². The maximum Gasteiger partial charge on any atom is 0.353 e. The van der Waals surface area contributed by atoms with Gasteiger partial charge in [0.05, 0.1) is 5.69 Å². The lowest BCUT2D eigenvalue weighted by Gasteiger charge is -2.22. The van der Waals surface area contributed by atoms with Crippen LogP contribution in [-0.4, -0.2) is 18.2 Å². The first-order valence-electron chi connectivity index (χ1n) is 4.46. The second kappa shape index (κ2) is 3.48. The van der Waals surface area contributed by atoms with Crippen LogP contribution >= 0.6 is 0 Å². The van der Waals surface area contributed by atoms with Gasteiger partial charge in [-0.05, 0) is 19.1 Å². The zero-order valence-electron chi connectivity index (χ0n) is 8.41. The first-order chi connectivity index (χ1) is 7.11. The number of hydrazine groups is 3. The fourth-order valence-corrected chi connectivity index (χ4v) is 1.46. The molecule has 1 fully saturated rings. The first kappa shape index (κ1) is 9.88. The van der Waals surface area contributed by atoms with Gasteiger partial charge in [-0.15, -0.1) is 10.7 Å². The van der Waals surface area contributed by atoms with Crippen LogP contribution in [0.2, 0.25) is 0 Å². The quantitative estimate of drug-likeness (QED) is 0.725. The number of amides is 2. The van der Waals surface area contributed by atoms with E-state index in [1.807, 2.05) is 0 Å². The molecule has 2 amide bonds. The molecule has 0 atom stereocenters. The molecule has 1 heterocycles. The Morgan fingerprint density at radius 1 is 1.40 bits per heavy atom. The average molecular weight is 210 g/mol. The predicted octanol–water partition coefficient (Wildman–Crippen LogP) is 0.930. The lowest BCUT2D eigenvalue weighted by molar-refractivity contribution is 0.246. The number of carbonyl (C=O) groups is 1. The Labute approximate surface area is 86.4 Å². The summed E-state index contributed by atoms with van der Waals surface area (Å²) in [5.41, 5.74) is 5.95. The van der Waals surface area contributed by atoms with E-state index in [4.69, 9.17) is 0 Å². The molecule has 1 aliphatic heterocycles. The number of rotatable bonds is 1. The van der Waals surface area contributed by atoms with E-state index in [-0.39, 0.29) is 11.8 Å². The van der Waals surface area contributed by atoms with Crippen molar-refractivity contribution in [3.8, 4) is 0 Å². The number of urea groups is 1. The van der Waals surface area contributed by atoms with Crippen molar-refractivity contribution in [3.63, 3.8) is 0 Å². The molecule has 0 saturated carbocycles. The number of benzene rings is 1. The summed E-state index contributed by atoms with van der Waals surface area (Å²) < 4.78 is 13.3. The molecule has 0 unspecified atom stereocenters. The van der Waals surface area contributed by atoms with Gasteiger partial charge < -0.3 is 0 Å². The van der Waals surface area contributed by atoms with E-state index in [0.717, 1.165) is 0 Å². The summed E-state index contributed by atoms with van der Waals surface area (Å²) in [5, 5.41) is 2.77. The molecular weight excluding hydrogens is 199 g/mol. The molecule has 0 spiro atoms. The van der Waals surface area contributed by atoms with E-state index in [0.29, 0.717) is 11.3 Å². The van der Waals surface area contributed by atoms with Crippen LogP contribution in [-0.2, 0) is 0 Å². The summed E-state index contributed by atoms with van der Waals surface area (Å²) in [6.45, 7) is 1.63. The van der Waals surface area contributed by atoms with E-state index in [9.17, 15) is 9.18 Å². The van der Waals surface area contributed by atoms with Gasteiger partial charge in [0.15, 0.2) is 0 Å². The van der Waals surface area contributed by atoms with Crippen LogP contribution in [0.25, 0.3) is 0 Å². The maximum atomic E-state index is 13.3. The summed E-state index contributed by atoms with van der Waals surface area (Å²) in [4.78, 5) is 11.4. The van der Waals surface area contributed by atoms with Crippen LogP contribution in [0.1, 0.15) is 5.56 Å². The molecule has 1 saturated heterocycles. The molecular formula is C9H11FN4O. The van der Waals surface area contributed by atoms with Crippen LogP contribution < -0.4 is 16.0 Å². The molecule has 0 aromatic heterocycles. The molecule has 80 valence electrons. The van der Waals surface area contributed by atoms with Crippen molar-refractivity contribution in [2.45, 2.75) is 6.92 Å². The third-order valence-electron chi connectivity index (χ3n) is 2.28. The Balaban J connectivity index is 2.45. The predicted molar refractivity (Wildman–Crippen MR) is 53.0 cm³/mol. The van der Waals surface area contributed by atoms with Gasteiger partial charge in [0.25, 0.3) is 0 Å². The molecule has 2 N–H and O–H groups in total. The fraction of sp³-hybridized carbons (Fsp3) is 0.222. The SMILES string of the molecule is Cc1c(F)cccc1N1C(=O)NNN1C. The number of nitrogens with one attached hydrogen (secondary N) is 2. The van der Waals surface area contributed by atoms with E-state index >= 15 is 0 Å². The van der Waals surface area contributed by atoms with E-state index in [2.05, 4.69) is 11.0 Å². The van der Waals surface area contributed by atoms with Crippen LogP contribution in [0.15, 0.2) is 18.2 Å². The van der Waals surface area contributed by atoms with Gasteiger partial charge in [-0.1, -0.05) is 6.07 Å². The summed E-state index contributed by atoms with van der Waals surface area (Å²) in [7, 11) is 1.66. The third-order valence-corrected chi connectivity index (χ3v) is 2.28. The van der Waals surface area contributed by atoms with Gasteiger partial charge in [-0.2, -0.15) is 0 Å². The van der Waals surface area contributed by atoms with Gasteiger partial charge in [-0.25, -0.2) is 14.2 Å². The van der Waals surface area contributed by atoms with Gasteiger partial charge >= 0.3 is 6.03 Å². The molecule has 1 aromatic carbocycles. The van der Waals surface area contributed by atoms with Gasteiger partial charge in [0.1, 0.15) is 5.82 Å². The van der Waals surface area contributed by atoms with Crippen molar-refractivity contribution < 1.29 is 9.18 Å². The number of nitrogens with zero attached hydrogens (tertiary/aromatic N) is 2. The number of anilines is 1. The number of carbonyl (C=O) groups excluding carboxylic acids is 1. The first-order valence-corrected chi connectivity index (χ1v) is 4.46. The highest BCUT2D eigenvalue weighted by molar-refractivity contribution is 5.92. The smallest absolute Gasteiger partial charge is 0.256 e. The Morgan fingerprint density at radius 2 is 2.13 bits per heavy atom. The highest BCUT2D eigenvalue weighted by Crippen LogP contribution is 2.23. The normalized spacial score (nSPS) is 17.0. The summed E-state index contributed by atoms with van der Waals surface area (Å²) in [6.07, 6.45) is 0. The standard InChI is InChI=1S/C9H11FN4O/c1-6-7(10)4-3-5-8(6)14-9(15)11-12-13(14)2/h3-5,12H,1-2H3,(H,11,15). The van der Waals surface area contributed by atoms with Crippen molar-refractivity contribution in [1.82, 2.24) is 16.1 Å². The average Bonchev–Trinajstić information content (AvgIpc) is 2.52. The molecule has 1 aliphatic rings. The van der Waals surface area contributed by atoms with E-state index in [1.54, 1.807) is 26.1 Å². The Bertz CT molecular complexity index is 409. The Morgan fingerprint density at radius 3 is 2.73 bits per heavy atom. The van der Waals surface area contributed by atoms with Crippen LogP contribution in [0.3, 0.4) is 0 Å². The largest absolute Gasteiger partial charge is 0.353 e. The topological polar surface area (TPSA) is 47.6 Å². The van der Waals surface area contributed by atoms with E-state index < -0.39 is 0 Å². The highest BCUT2D eigenvalue weighted by atomic mass is 19.1. The van der Waals surface area contributed by atoms with Crippen molar-refractivity contribution in [1.29, 1.82) is 0 Å². The molecule has 0 aliphatic carbocycles. The minimum absolute atomic E-state index is 0.333. The molecule has 15 heavy (non-hydrogen) atoms. The molecule has 2 rings (SSSR count). The summed E-state index contributed by atoms with van der Waals surface area (Å²) >= 11 is 0. The number of hydrogen-bond donors (Lipinski definition) is 2. The van der Waals surface area contributed by atoms with Crippen LogP contribution in [0.5, 0.6) is 0 Å². The minimum Gasteiger partial charge on any atom is -0.256 e. The highest BCUT2D eigenvalue weighted by Gasteiger charge is 2.28. The van der Waals surface area contributed by atoms with Gasteiger partial charge in [0.2, 0.25) is 0 Å². The monoisotopic (exact) mass is 210 g/mol. The van der Waals surface area contributed by atoms with Crippen LogP contribution in [0, 0.1) is 12.7 Å².